The van der Waals surface area contributed by atoms with E-state index in [4.69, 9.17) is 0 Å². The normalized spacial score (nSPS) is 20.5. The Bertz CT molecular complexity index is 619. The van der Waals surface area contributed by atoms with Gasteiger partial charge in [0.1, 0.15) is 0 Å². The van der Waals surface area contributed by atoms with Crippen molar-refractivity contribution >= 4 is 16.8 Å². The molecular weight excluding hydrogens is 250 g/mol. The van der Waals surface area contributed by atoms with Gasteiger partial charge in [-0.05, 0) is 37.1 Å². The lowest BCUT2D eigenvalue weighted by molar-refractivity contribution is 0.0542. The number of carbonyl (C=O) groups excluding carboxylic acids is 1. The molecule has 0 aliphatic carbocycles. The lowest BCUT2D eigenvalue weighted by Crippen LogP contribution is -2.52. The zero-order valence-electron chi connectivity index (χ0n) is 12.1. The first-order chi connectivity index (χ1) is 9.69. The van der Waals surface area contributed by atoms with E-state index in [-0.39, 0.29) is 5.91 Å². The Morgan fingerprint density at radius 1 is 1.35 bits per heavy atom. The zero-order chi connectivity index (χ0) is 14.1. The van der Waals surface area contributed by atoms with Gasteiger partial charge in [-0.2, -0.15) is 0 Å². The lowest BCUT2D eigenvalue weighted by atomic mass is 10.1. The number of fused-ring (bicyclic) bond motifs is 1. The number of piperazine rings is 1. The number of nitrogens with zero attached hydrogens (tertiary/aromatic N) is 2. The summed E-state index contributed by atoms with van der Waals surface area (Å²) < 4.78 is 0. The van der Waals surface area contributed by atoms with Crippen molar-refractivity contribution < 1.29 is 4.79 Å². The average molecular weight is 271 g/mol. The molecule has 1 saturated heterocycles. The molecule has 0 bridgehead atoms. The van der Waals surface area contributed by atoms with Crippen LogP contribution in [-0.2, 0) is 0 Å². The Labute approximate surface area is 119 Å². The number of carbonyl (C=O) groups is 1. The van der Waals surface area contributed by atoms with E-state index in [0.29, 0.717) is 6.04 Å². The second kappa shape index (κ2) is 5.29. The van der Waals surface area contributed by atoms with Crippen LogP contribution in [0.4, 0.5) is 0 Å². The van der Waals surface area contributed by atoms with Crippen LogP contribution in [0.3, 0.4) is 0 Å². The highest BCUT2D eigenvalue weighted by Gasteiger charge is 2.26. The van der Waals surface area contributed by atoms with Gasteiger partial charge in [0, 0.05) is 43.0 Å². The standard InChI is InChI=1S/C16H21N3O/c1-3-14-11-19(9-8-18(14)2)16(20)13-5-4-12-6-7-17-15(12)10-13/h4-7,10,14,17H,3,8-9,11H2,1-2H3. The number of aromatic amines is 1. The first kappa shape index (κ1) is 13.2. The van der Waals surface area contributed by atoms with E-state index in [1.165, 1.54) is 0 Å². The van der Waals surface area contributed by atoms with E-state index in [2.05, 4.69) is 23.9 Å². The Balaban J connectivity index is 1.81. The van der Waals surface area contributed by atoms with Gasteiger partial charge in [0.15, 0.2) is 0 Å². The van der Waals surface area contributed by atoms with Gasteiger partial charge in [-0.1, -0.05) is 13.0 Å². The molecule has 1 amide bonds. The van der Waals surface area contributed by atoms with Crippen molar-refractivity contribution in [3.8, 4) is 0 Å². The first-order valence-electron chi connectivity index (χ1n) is 7.25. The van der Waals surface area contributed by atoms with Gasteiger partial charge in [-0.3, -0.25) is 9.69 Å². The van der Waals surface area contributed by atoms with E-state index in [1.807, 2.05) is 35.4 Å². The Morgan fingerprint density at radius 3 is 3.00 bits per heavy atom. The van der Waals surface area contributed by atoms with E-state index in [1.54, 1.807) is 0 Å². The van der Waals surface area contributed by atoms with Gasteiger partial charge in [-0.15, -0.1) is 0 Å². The predicted molar refractivity (Wildman–Crippen MR) is 80.9 cm³/mol. The molecule has 0 spiro atoms. The van der Waals surface area contributed by atoms with Crippen molar-refractivity contribution in [3.63, 3.8) is 0 Å². The topological polar surface area (TPSA) is 39.3 Å². The first-order valence-corrected chi connectivity index (χ1v) is 7.25. The van der Waals surface area contributed by atoms with Gasteiger partial charge in [0.2, 0.25) is 0 Å². The molecule has 2 heterocycles. The van der Waals surface area contributed by atoms with Crippen molar-refractivity contribution in [1.82, 2.24) is 14.8 Å². The van der Waals surface area contributed by atoms with Crippen LogP contribution >= 0.6 is 0 Å². The molecule has 1 aliphatic rings. The summed E-state index contributed by atoms with van der Waals surface area (Å²) >= 11 is 0. The number of amides is 1. The van der Waals surface area contributed by atoms with Gasteiger partial charge < -0.3 is 9.88 Å². The van der Waals surface area contributed by atoms with E-state index in [0.717, 1.165) is 42.5 Å². The number of aromatic nitrogens is 1. The maximum Gasteiger partial charge on any atom is 0.254 e. The molecular formula is C16H21N3O. The molecule has 1 aliphatic heterocycles. The summed E-state index contributed by atoms with van der Waals surface area (Å²) in [7, 11) is 2.14. The highest BCUT2D eigenvalue weighted by molar-refractivity contribution is 5.98. The number of rotatable bonds is 2. The van der Waals surface area contributed by atoms with Crippen molar-refractivity contribution in [2.75, 3.05) is 26.7 Å². The molecule has 1 unspecified atom stereocenters. The smallest absolute Gasteiger partial charge is 0.254 e. The fourth-order valence-corrected chi connectivity index (χ4v) is 2.93. The van der Waals surface area contributed by atoms with Crippen molar-refractivity contribution in [2.24, 2.45) is 0 Å². The number of hydrogen-bond donors (Lipinski definition) is 1. The fourth-order valence-electron chi connectivity index (χ4n) is 2.93. The van der Waals surface area contributed by atoms with Crippen molar-refractivity contribution in [2.45, 2.75) is 19.4 Å². The predicted octanol–water partition coefficient (Wildman–Crippen LogP) is 2.33. The number of nitrogens with one attached hydrogen (secondary N) is 1. The van der Waals surface area contributed by atoms with Crippen LogP contribution in [0.25, 0.3) is 10.9 Å². The van der Waals surface area contributed by atoms with Crippen molar-refractivity contribution in [3.05, 3.63) is 36.0 Å². The monoisotopic (exact) mass is 271 g/mol. The summed E-state index contributed by atoms with van der Waals surface area (Å²) in [5, 5.41) is 1.14. The molecule has 4 heteroatoms. The number of hydrogen-bond acceptors (Lipinski definition) is 2. The van der Waals surface area contributed by atoms with Crippen LogP contribution in [-0.4, -0.2) is 53.4 Å². The molecule has 20 heavy (non-hydrogen) atoms. The molecule has 1 aromatic carbocycles. The van der Waals surface area contributed by atoms with Crippen LogP contribution in [0.1, 0.15) is 23.7 Å². The average Bonchev–Trinajstić information content (AvgIpc) is 2.94. The zero-order valence-corrected chi connectivity index (χ0v) is 12.1. The maximum absolute atomic E-state index is 12.6. The highest BCUT2D eigenvalue weighted by atomic mass is 16.2. The summed E-state index contributed by atoms with van der Waals surface area (Å²) in [5.74, 6) is 0.146. The van der Waals surface area contributed by atoms with E-state index in [9.17, 15) is 4.79 Å². The Kier molecular flexibility index (Phi) is 3.49. The molecule has 3 rings (SSSR count). The summed E-state index contributed by atoms with van der Waals surface area (Å²) in [5.41, 5.74) is 1.80. The quantitative estimate of drug-likeness (QED) is 0.910. The molecule has 2 aromatic rings. The van der Waals surface area contributed by atoms with Gasteiger partial charge in [-0.25, -0.2) is 0 Å². The van der Waals surface area contributed by atoms with Gasteiger partial charge in [0.05, 0.1) is 0 Å². The van der Waals surface area contributed by atoms with Crippen LogP contribution in [0.15, 0.2) is 30.5 Å². The highest BCUT2D eigenvalue weighted by Crippen LogP contribution is 2.18. The fraction of sp³-hybridized carbons (Fsp3) is 0.438. The molecule has 106 valence electrons. The SMILES string of the molecule is CCC1CN(C(=O)c2ccc3cc[nH]c3c2)CCN1C. The molecule has 1 atom stereocenters. The summed E-state index contributed by atoms with van der Waals surface area (Å²) in [6, 6.07) is 8.38. The second-order valence-electron chi connectivity index (χ2n) is 5.57. The minimum atomic E-state index is 0.146. The number of H-pyrrole nitrogens is 1. The lowest BCUT2D eigenvalue weighted by Gasteiger charge is -2.39. The summed E-state index contributed by atoms with van der Waals surface area (Å²) in [6.07, 6.45) is 2.98. The third kappa shape index (κ3) is 2.31. The van der Waals surface area contributed by atoms with Crippen LogP contribution < -0.4 is 0 Å². The minimum Gasteiger partial charge on any atom is -0.361 e. The van der Waals surface area contributed by atoms with Gasteiger partial charge >= 0.3 is 0 Å². The van der Waals surface area contributed by atoms with E-state index >= 15 is 0 Å². The molecule has 4 nitrogen and oxygen atoms in total. The Hall–Kier alpha value is -1.81. The molecule has 0 radical (unpaired) electrons. The Morgan fingerprint density at radius 2 is 2.20 bits per heavy atom. The molecule has 1 aromatic heterocycles. The van der Waals surface area contributed by atoms with E-state index < -0.39 is 0 Å². The van der Waals surface area contributed by atoms with Crippen LogP contribution in [0, 0.1) is 0 Å². The number of benzene rings is 1. The maximum atomic E-state index is 12.6. The van der Waals surface area contributed by atoms with Crippen molar-refractivity contribution in [1.29, 1.82) is 0 Å². The third-order valence-corrected chi connectivity index (χ3v) is 4.34. The van der Waals surface area contributed by atoms with Crippen LogP contribution in [0.5, 0.6) is 0 Å². The second-order valence-corrected chi connectivity index (χ2v) is 5.57. The molecule has 0 saturated carbocycles. The third-order valence-electron chi connectivity index (χ3n) is 4.34. The largest absolute Gasteiger partial charge is 0.361 e. The number of likely N-dealkylation sites (N-methyl/N-ethyl adjacent to an activating group) is 1. The van der Waals surface area contributed by atoms with Crippen LogP contribution in [0.2, 0.25) is 0 Å². The van der Waals surface area contributed by atoms with Gasteiger partial charge in [0.25, 0.3) is 5.91 Å². The summed E-state index contributed by atoms with van der Waals surface area (Å²) in [4.78, 5) is 20.1. The molecule has 1 N–H and O–H groups in total. The molecule has 1 fully saturated rings. The summed E-state index contributed by atoms with van der Waals surface area (Å²) in [6.45, 7) is 4.78. The minimum absolute atomic E-state index is 0.146.